The van der Waals surface area contributed by atoms with Gasteiger partial charge in [0.2, 0.25) is 0 Å². The topological polar surface area (TPSA) is 62.2 Å². The normalized spacial score (nSPS) is 16.0. The zero-order valence-corrected chi connectivity index (χ0v) is 7.80. The summed E-state index contributed by atoms with van der Waals surface area (Å²) in [6, 6.07) is 2.28. The van der Waals surface area contributed by atoms with Gasteiger partial charge in [-0.3, -0.25) is 0 Å². The molecule has 13 heavy (non-hydrogen) atoms. The van der Waals surface area contributed by atoms with Gasteiger partial charge in [-0.15, -0.1) is 0 Å². The summed E-state index contributed by atoms with van der Waals surface area (Å²) in [5, 5.41) is 11.9. The van der Waals surface area contributed by atoms with Crippen LogP contribution >= 0.6 is 11.5 Å². The highest BCUT2D eigenvalue weighted by atomic mass is 32.1. The molecule has 1 aromatic rings. The van der Waals surface area contributed by atoms with Crippen LogP contribution in [0.25, 0.3) is 0 Å². The van der Waals surface area contributed by atoms with E-state index in [1.54, 1.807) is 6.07 Å². The van der Waals surface area contributed by atoms with Gasteiger partial charge in [0.05, 0.1) is 0 Å². The van der Waals surface area contributed by atoms with Crippen LogP contribution in [0, 0.1) is 0 Å². The Balaban J connectivity index is 1.92. The predicted octanol–water partition coefficient (Wildman–Crippen LogP) is 1.09. The van der Waals surface area contributed by atoms with Crippen LogP contribution in [0.2, 0.25) is 0 Å². The van der Waals surface area contributed by atoms with Gasteiger partial charge in [-0.2, -0.15) is 4.37 Å². The van der Waals surface area contributed by atoms with E-state index in [1.807, 2.05) is 0 Å². The highest BCUT2D eigenvalue weighted by Gasteiger charge is 2.20. The number of carbonyl (C=O) groups is 1. The van der Waals surface area contributed by atoms with Crippen molar-refractivity contribution in [3.63, 3.8) is 0 Å². The van der Waals surface area contributed by atoms with Gasteiger partial charge in [0.15, 0.2) is 5.69 Å². The monoisotopic (exact) mass is 198 g/mol. The Labute approximate surface area is 79.8 Å². The lowest BCUT2D eigenvalue weighted by Gasteiger charge is -1.96. The molecule has 1 fully saturated rings. The molecule has 1 aliphatic rings. The Morgan fingerprint density at radius 2 is 2.54 bits per heavy atom. The smallest absolute Gasteiger partial charge is 0.355 e. The van der Waals surface area contributed by atoms with Crippen molar-refractivity contribution < 1.29 is 9.90 Å². The minimum absolute atomic E-state index is 0.151. The molecule has 70 valence electrons. The third kappa shape index (κ3) is 2.26. The van der Waals surface area contributed by atoms with E-state index in [9.17, 15) is 4.79 Å². The van der Waals surface area contributed by atoms with Crippen molar-refractivity contribution in [2.45, 2.75) is 25.4 Å². The maximum atomic E-state index is 10.5. The summed E-state index contributed by atoms with van der Waals surface area (Å²) >= 11 is 1.25. The predicted molar refractivity (Wildman–Crippen MR) is 48.9 cm³/mol. The molecule has 0 aromatic carbocycles. The van der Waals surface area contributed by atoms with Crippen LogP contribution in [-0.2, 0) is 6.54 Å². The van der Waals surface area contributed by atoms with E-state index in [0.29, 0.717) is 6.04 Å². The van der Waals surface area contributed by atoms with Gasteiger partial charge in [0.25, 0.3) is 0 Å². The summed E-state index contributed by atoms with van der Waals surface area (Å²) < 4.78 is 3.82. The van der Waals surface area contributed by atoms with Crippen molar-refractivity contribution in [3.05, 3.63) is 16.6 Å². The Hall–Kier alpha value is -0.940. The summed E-state index contributed by atoms with van der Waals surface area (Å²) in [6.07, 6.45) is 2.48. The lowest BCUT2D eigenvalue weighted by molar-refractivity contribution is 0.0692. The van der Waals surface area contributed by atoms with Crippen molar-refractivity contribution in [2.24, 2.45) is 0 Å². The molecule has 0 unspecified atom stereocenters. The largest absolute Gasteiger partial charge is 0.476 e. The summed E-state index contributed by atoms with van der Waals surface area (Å²) in [5.74, 6) is -0.950. The molecule has 1 aromatic heterocycles. The molecule has 0 amide bonds. The first-order chi connectivity index (χ1) is 6.25. The molecule has 1 aliphatic carbocycles. The Bertz CT molecular complexity index is 320. The molecular weight excluding hydrogens is 188 g/mol. The fraction of sp³-hybridized carbons (Fsp3) is 0.500. The van der Waals surface area contributed by atoms with E-state index in [4.69, 9.17) is 5.11 Å². The molecule has 5 heteroatoms. The number of carboxylic acids is 1. The number of carboxylic acid groups (broad SMARTS) is 1. The van der Waals surface area contributed by atoms with E-state index >= 15 is 0 Å². The van der Waals surface area contributed by atoms with E-state index in [1.165, 1.54) is 24.4 Å². The number of hydrogen-bond donors (Lipinski definition) is 2. The minimum Gasteiger partial charge on any atom is -0.476 e. The van der Waals surface area contributed by atoms with Gasteiger partial charge < -0.3 is 10.4 Å². The zero-order valence-electron chi connectivity index (χ0n) is 6.99. The SMILES string of the molecule is O=C(O)c1cc(CNC2CC2)sn1. The number of aromatic carboxylic acids is 1. The molecule has 0 spiro atoms. The first-order valence-electron chi connectivity index (χ1n) is 4.18. The van der Waals surface area contributed by atoms with Gasteiger partial charge in [-0.05, 0) is 30.4 Å². The van der Waals surface area contributed by atoms with Crippen LogP contribution in [0.3, 0.4) is 0 Å². The molecule has 0 radical (unpaired) electrons. The van der Waals surface area contributed by atoms with Crippen LogP contribution in [0.4, 0.5) is 0 Å². The van der Waals surface area contributed by atoms with Crippen LogP contribution < -0.4 is 5.32 Å². The Morgan fingerprint density at radius 1 is 1.77 bits per heavy atom. The van der Waals surface area contributed by atoms with Crippen LogP contribution in [0.1, 0.15) is 28.2 Å². The van der Waals surface area contributed by atoms with Crippen molar-refractivity contribution in [1.29, 1.82) is 0 Å². The summed E-state index contributed by atoms with van der Waals surface area (Å²) in [6.45, 7) is 0.746. The third-order valence-electron chi connectivity index (χ3n) is 1.92. The average Bonchev–Trinajstić information content (AvgIpc) is 2.79. The zero-order chi connectivity index (χ0) is 9.26. The van der Waals surface area contributed by atoms with Gasteiger partial charge in [0.1, 0.15) is 0 Å². The van der Waals surface area contributed by atoms with Crippen molar-refractivity contribution >= 4 is 17.5 Å². The van der Waals surface area contributed by atoms with E-state index in [-0.39, 0.29) is 5.69 Å². The highest BCUT2D eigenvalue weighted by Crippen LogP contribution is 2.20. The minimum atomic E-state index is -0.950. The van der Waals surface area contributed by atoms with Crippen LogP contribution in [0.15, 0.2) is 6.07 Å². The second-order valence-electron chi connectivity index (χ2n) is 3.14. The summed E-state index contributed by atoms with van der Waals surface area (Å²) in [4.78, 5) is 11.5. The number of nitrogens with one attached hydrogen (secondary N) is 1. The second-order valence-corrected chi connectivity index (χ2v) is 4.03. The lowest BCUT2D eigenvalue weighted by Crippen LogP contribution is -2.14. The maximum absolute atomic E-state index is 10.5. The molecule has 1 heterocycles. The third-order valence-corrected chi connectivity index (χ3v) is 2.71. The van der Waals surface area contributed by atoms with Crippen molar-refractivity contribution in [2.75, 3.05) is 0 Å². The fourth-order valence-corrected chi connectivity index (χ4v) is 1.69. The second kappa shape index (κ2) is 3.43. The summed E-state index contributed by atoms with van der Waals surface area (Å²) in [7, 11) is 0. The standard InChI is InChI=1S/C8H10N2O2S/c11-8(12)7-3-6(13-10-7)4-9-5-1-2-5/h3,5,9H,1-2,4H2,(H,11,12). The molecule has 0 saturated heterocycles. The Morgan fingerprint density at radius 3 is 3.08 bits per heavy atom. The molecule has 2 N–H and O–H groups in total. The Kier molecular flexibility index (Phi) is 2.28. The summed E-state index contributed by atoms with van der Waals surface area (Å²) in [5.41, 5.74) is 0.151. The number of nitrogens with zero attached hydrogens (tertiary/aromatic N) is 1. The molecule has 1 saturated carbocycles. The van der Waals surface area contributed by atoms with Gasteiger partial charge in [0, 0.05) is 17.5 Å². The molecule has 4 nitrogen and oxygen atoms in total. The maximum Gasteiger partial charge on any atom is 0.355 e. The number of rotatable bonds is 4. The lowest BCUT2D eigenvalue weighted by atomic mass is 10.4. The molecule has 0 bridgehead atoms. The van der Waals surface area contributed by atoms with E-state index < -0.39 is 5.97 Å². The molecular formula is C8H10N2O2S. The first-order valence-corrected chi connectivity index (χ1v) is 4.95. The van der Waals surface area contributed by atoms with Crippen molar-refractivity contribution in [1.82, 2.24) is 9.69 Å². The number of hydrogen-bond acceptors (Lipinski definition) is 4. The van der Waals surface area contributed by atoms with Gasteiger partial charge in [-0.1, -0.05) is 0 Å². The average molecular weight is 198 g/mol. The molecule has 0 atom stereocenters. The van der Waals surface area contributed by atoms with Gasteiger partial charge in [-0.25, -0.2) is 4.79 Å². The fourth-order valence-electron chi connectivity index (χ4n) is 1.03. The van der Waals surface area contributed by atoms with E-state index in [0.717, 1.165) is 11.4 Å². The van der Waals surface area contributed by atoms with E-state index in [2.05, 4.69) is 9.69 Å². The first kappa shape index (κ1) is 8.65. The van der Waals surface area contributed by atoms with Crippen LogP contribution in [0.5, 0.6) is 0 Å². The highest BCUT2D eigenvalue weighted by molar-refractivity contribution is 7.05. The van der Waals surface area contributed by atoms with Gasteiger partial charge >= 0.3 is 5.97 Å². The molecule has 2 rings (SSSR count). The van der Waals surface area contributed by atoms with Crippen molar-refractivity contribution in [3.8, 4) is 0 Å². The molecule has 0 aliphatic heterocycles. The quantitative estimate of drug-likeness (QED) is 0.760. The number of aromatic nitrogens is 1. The van der Waals surface area contributed by atoms with Crippen LogP contribution in [-0.4, -0.2) is 21.5 Å².